The maximum atomic E-state index is 11.0. The number of rotatable bonds is 3. The van der Waals surface area contributed by atoms with Crippen molar-refractivity contribution in [3.05, 3.63) is 60.2 Å². The van der Waals surface area contributed by atoms with Crippen LogP contribution in [0, 0.1) is 0 Å². The van der Waals surface area contributed by atoms with Gasteiger partial charge >= 0.3 is 0 Å². The summed E-state index contributed by atoms with van der Waals surface area (Å²) in [4.78, 5) is 9.30. The van der Waals surface area contributed by atoms with Crippen molar-refractivity contribution in [2.24, 2.45) is 7.05 Å². The van der Waals surface area contributed by atoms with E-state index in [0.29, 0.717) is 11.6 Å². The molecule has 24 heavy (non-hydrogen) atoms. The predicted octanol–water partition coefficient (Wildman–Crippen LogP) is 3.59. The highest BCUT2D eigenvalue weighted by atomic mass is 16.3. The molecule has 0 aliphatic carbocycles. The van der Waals surface area contributed by atoms with Gasteiger partial charge in [-0.1, -0.05) is 24.3 Å². The van der Waals surface area contributed by atoms with Crippen LogP contribution in [0.25, 0.3) is 22.1 Å². The zero-order valence-corrected chi connectivity index (χ0v) is 14.0. The highest BCUT2D eigenvalue weighted by molar-refractivity contribution is 5.77. The number of aliphatic hydroxyl groups excluding tert-OH is 1. The standard InChI is InChI=1S/C19H20N4O/c1-12(2)23-16-11-7-5-9-14(16)21-19(23)17(24)18-20-13-8-4-6-10-15(13)22(18)3/h4-12,17,24H,1-3H3/t17-/m0/s1. The van der Waals surface area contributed by atoms with Crippen LogP contribution in [0.4, 0.5) is 0 Å². The van der Waals surface area contributed by atoms with Crippen LogP contribution >= 0.6 is 0 Å². The maximum absolute atomic E-state index is 11.0. The molecular weight excluding hydrogens is 300 g/mol. The number of nitrogens with zero attached hydrogens (tertiary/aromatic N) is 4. The van der Waals surface area contributed by atoms with Gasteiger partial charge in [0, 0.05) is 13.1 Å². The van der Waals surface area contributed by atoms with E-state index < -0.39 is 6.10 Å². The van der Waals surface area contributed by atoms with E-state index in [1.807, 2.05) is 60.1 Å². The van der Waals surface area contributed by atoms with Crippen molar-refractivity contribution in [2.75, 3.05) is 0 Å². The van der Waals surface area contributed by atoms with Gasteiger partial charge in [0.15, 0.2) is 6.10 Å². The van der Waals surface area contributed by atoms with Crippen LogP contribution in [0.2, 0.25) is 0 Å². The fourth-order valence-electron chi connectivity index (χ4n) is 3.32. The lowest BCUT2D eigenvalue weighted by atomic mass is 10.2. The van der Waals surface area contributed by atoms with Crippen LogP contribution in [0.3, 0.4) is 0 Å². The second-order valence-corrected chi connectivity index (χ2v) is 6.34. The normalized spacial score (nSPS) is 13.2. The molecule has 5 heteroatoms. The molecule has 122 valence electrons. The first-order chi connectivity index (χ1) is 11.6. The van der Waals surface area contributed by atoms with Crippen molar-refractivity contribution in [1.29, 1.82) is 0 Å². The summed E-state index contributed by atoms with van der Waals surface area (Å²) >= 11 is 0. The molecule has 1 atom stereocenters. The minimum Gasteiger partial charge on any atom is -0.377 e. The summed E-state index contributed by atoms with van der Waals surface area (Å²) in [5.74, 6) is 1.23. The minimum absolute atomic E-state index is 0.191. The number of aryl methyl sites for hydroxylation is 1. The summed E-state index contributed by atoms with van der Waals surface area (Å²) in [6, 6.07) is 16.0. The summed E-state index contributed by atoms with van der Waals surface area (Å²) in [5.41, 5.74) is 3.79. The third-order valence-electron chi connectivity index (χ3n) is 4.45. The number of imidazole rings is 2. The van der Waals surface area contributed by atoms with E-state index >= 15 is 0 Å². The van der Waals surface area contributed by atoms with Gasteiger partial charge in [-0.2, -0.15) is 0 Å². The van der Waals surface area contributed by atoms with Gasteiger partial charge in [0.05, 0.1) is 22.1 Å². The van der Waals surface area contributed by atoms with Crippen LogP contribution in [0.1, 0.15) is 37.6 Å². The van der Waals surface area contributed by atoms with Gasteiger partial charge in [0.25, 0.3) is 0 Å². The second-order valence-electron chi connectivity index (χ2n) is 6.34. The van der Waals surface area contributed by atoms with Crippen LogP contribution in [0.15, 0.2) is 48.5 Å². The Kier molecular flexibility index (Phi) is 3.39. The number of hydrogen-bond donors (Lipinski definition) is 1. The Morgan fingerprint density at radius 1 is 0.833 bits per heavy atom. The third kappa shape index (κ3) is 2.12. The molecule has 0 saturated heterocycles. The molecule has 0 spiro atoms. The molecule has 0 amide bonds. The number of aromatic nitrogens is 4. The Bertz CT molecular complexity index is 1030. The van der Waals surface area contributed by atoms with Gasteiger partial charge in [-0.15, -0.1) is 0 Å². The first kappa shape index (κ1) is 14.9. The molecule has 4 aromatic rings. The van der Waals surface area contributed by atoms with E-state index in [1.165, 1.54) is 0 Å². The lowest BCUT2D eigenvalue weighted by molar-refractivity contribution is 0.190. The first-order valence-electron chi connectivity index (χ1n) is 8.14. The molecule has 0 aliphatic rings. The molecule has 0 fully saturated rings. The number of fused-ring (bicyclic) bond motifs is 2. The van der Waals surface area contributed by atoms with Crippen molar-refractivity contribution in [3.8, 4) is 0 Å². The zero-order chi connectivity index (χ0) is 16.8. The minimum atomic E-state index is -0.878. The lowest BCUT2D eigenvalue weighted by Crippen LogP contribution is -2.15. The first-order valence-corrected chi connectivity index (χ1v) is 8.14. The zero-order valence-electron chi connectivity index (χ0n) is 14.0. The Balaban J connectivity index is 1.93. The predicted molar refractivity (Wildman–Crippen MR) is 94.9 cm³/mol. The van der Waals surface area contributed by atoms with Crippen molar-refractivity contribution in [2.45, 2.75) is 26.0 Å². The second kappa shape index (κ2) is 5.46. The summed E-state index contributed by atoms with van der Waals surface area (Å²) in [6.07, 6.45) is -0.878. The monoisotopic (exact) mass is 320 g/mol. The Morgan fingerprint density at radius 2 is 1.38 bits per heavy atom. The summed E-state index contributed by atoms with van der Waals surface area (Å²) in [6.45, 7) is 4.19. The average molecular weight is 320 g/mol. The van der Waals surface area contributed by atoms with E-state index in [9.17, 15) is 5.11 Å². The summed E-state index contributed by atoms with van der Waals surface area (Å²) in [5, 5.41) is 11.0. The van der Waals surface area contributed by atoms with E-state index in [0.717, 1.165) is 22.1 Å². The highest BCUT2D eigenvalue weighted by Crippen LogP contribution is 2.29. The van der Waals surface area contributed by atoms with Gasteiger partial charge in [0.2, 0.25) is 0 Å². The van der Waals surface area contributed by atoms with Crippen molar-refractivity contribution >= 4 is 22.1 Å². The number of benzene rings is 2. The molecule has 2 aromatic heterocycles. The lowest BCUT2D eigenvalue weighted by Gasteiger charge is -2.16. The fraction of sp³-hybridized carbons (Fsp3) is 0.263. The average Bonchev–Trinajstić information content (AvgIpc) is 3.13. The van der Waals surface area contributed by atoms with Gasteiger partial charge in [-0.05, 0) is 38.1 Å². The molecule has 0 bridgehead atoms. The van der Waals surface area contributed by atoms with E-state index in [2.05, 4.69) is 28.4 Å². The van der Waals surface area contributed by atoms with Crippen LogP contribution in [0.5, 0.6) is 0 Å². The van der Waals surface area contributed by atoms with Crippen LogP contribution < -0.4 is 0 Å². The third-order valence-corrected chi connectivity index (χ3v) is 4.45. The van der Waals surface area contributed by atoms with Crippen LogP contribution in [-0.4, -0.2) is 24.2 Å². The molecule has 0 unspecified atom stereocenters. The molecule has 0 aliphatic heterocycles. The summed E-state index contributed by atoms with van der Waals surface area (Å²) in [7, 11) is 1.93. The summed E-state index contributed by atoms with van der Waals surface area (Å²) < 4.78 is 4.02. The fourth-order valence-corrected chi connectivity index (χ4v) is 3.32. The Hall–Kier alpha value is -2.66. The smallest absolute Gasteiger partial charge is 0.169 e. The molecule has 0 radical (unpaired) electrons. The number of hydrogen-bond acceptors (Lipinski definition) is 3. The maximum Gasteiger partial charge on any atom is 0.169 e. The van der Waals surface area contributed by atoms with Gasteiger partial charge in [-0.3, -0.25) is 0 Å². The van der Waals surface area contributed by atoms with Gasteiger partial charge < -0.3 is 14.2 Å². The van der Waals surface area contributed by atoms with Crippen molar-refractivity contribution in [1.82, 2.24) is 19.1 Å². The Labute approximate surface area is 140 Å². The van der Waals surface area contributed by atoms with Crippen molar-refractivity contribution < 1.29 is 5.11 Å². The number of para-hydroxylation sites is 4. The molecule has 1 N–H and O–H groups in total. The van der Waals surface area contributed by atoms with Crippen molar-refractivity contribution in [3.63, 3.8) is 0 Å². The largest absolute Gasteiger partial charge is 0.377 e. The molecule has 0 saturated carbocycles. The SMILES string of the molecule is CC(C)n1c([C@@H](O)c2nc3ccccc3n2C)nc2ccccc21. The molecule has 5 nitrogen and oxygen atoms in total. The van der Waals surface area contributed by atoms with Crippen LogP contribution in [-0.2, 0) is 7.05 Å². The Morgan fingerprint density at radius 3 is 2.00 bits per heavy atom. The number of aliphatic hydroxyl groups is 1. The molecule has 2 heterocycles. The van der Waals surface area contributed by atoms with E-state index in [4.69, 9.17) is 0 Å². The van der Waals surface area contributed by atoms with E-state index in [-0.39, 0.29) is 6.04 Å². The van der Waals surface area contributed by atoms with E-state index in [1.54, 1.807) is 0 Å². The van der Waals surface area contributed by atoms with Gasteiger partial charge in [-0.25, -0.2) is 9.97 Å². The topological polar surface area (TPSA) is 55.9 Å². The molecule has 4 rings (SSSR count). The van der Waals surface area contributed by atoms with Gasteiger partial charge in [0.1, 0.15) is 11.6 Å². The molecular formula is C19H20N4O. The molecule has 2 aromatic carbocycles. The quantitative estimate of drug-likeness (QED) is 0.627. The highest BCUT2D eigenvalue weighted by Gasteiger charge is 2.25.